The fourth-order valence-corrected chi connectivity index (χ4v) is 3.24. The van der Waals surface area contributed by atoms with Gasteiger partial charge in [0, 0.05) is 6.04 Å². The van der Waals surface area contributed by atoms with Gasteiger partial charge in [0.25, 0.3) is 0 Å². The number of benzene rings is 3. The van der Waals surface area contributed by atoms with Crippen LogP contribution in [0.5, 0.6) is 0 Å². The molecular formula is C25H29ClNRu+. The molecule has 28 heavy (non-hydrogen) atoms. The summed E-state index contributed by atoms with van der Waals surface area (Å²) in [7, 11) is 4.57. The molecule has 3 rings (SSSR count). The molecule has 0 fully saturated rings. The van der Waals surface area contributed by atoms with E-state index in [1.165, 1.54) is 16.7 Å². The van der Waals surface area contributed by atoms with E-state index >= 15 is 0 Å². The van der Waals surface area contributed by atoms with Crippen LogP contribution in [0.3, 0.4) is 0 Å². The number of hydrogen-bond acceptors (Lipinski definition) is 1. The van der Waals surface area contributed by atoms with Gasteiger partial charge in [-0.25, -0.2) is 0 Å². The molecule has 3 aromatic rings. The summed E-state index contributed by atoms with van der Waals surface area (Å²) in [5.41, 5.74) is 3.97. The van der Waals surface area contributed by atoms with Crippen molar-refractivity contribution in [1.82, 2.24) is 5.32 Å². The van der Waals surface area contributed by atoms with Crippen molar-refractivity contribution in [3.63, 3.8) is 0 Å². The molecule has 0 aliphatic carbocycles. The summed E-state index contributed by atoms with van der Waals surface area (Å²) in [6.45, 7) is 5.44. The van der Waals surface area contributed by atoms with Crippen LogP contribution < -0.4 is 5.32 Å². The minimum absolute atomic E-state index is 0. The van der Waals surface area contributed by atoms with Crippen molar-refractivity contribution in [2.24, 2.45) is 0 Å². The topological polar surface area (TPSA) is 12.0 Å². The van der Waals surface area contributed by atoms with Crippen LogP contribution in [0.15, 0.2) is 91.0 Å². The van der Waals surface area contributed by atoms with Gasteiger partial charge in [0.1, 0.15) is 0 Å². The third kappa shape index (κ3) is 7.88. The van der Waals surface area contributed by atoms with E-state index in [9.17, 15) is 0 Å². The number of aryl methyl sites for hydroxylation is 1. The van der Waals surface area contributed by atoms with Gasteiger partial charge in [-0.2, -0.15) is 0 Å². The van der Waals surface area contributed by atoms with Gasteiger partial charge in [0.2, 0.25) is 0 Å². The molecule has 3 aromatic carbocycles. The summed E-state index contributed by atoms with van der Waals surface area (Å²) in [4.78, 5) is 0. The second-order valence-corrected chi connectivity index (χ2v) is 6.45. The van der Waals surface area contributed by atoms with Gasteiger partial charge in [0.15, 0.2) is 0 Å². The molecule has 0 amide bonds. The Hall–Kier alpha value is -1.47. The van der Waals surface area contributed by atoms with E-state index in [0.717, 1.165) is 19.4 Å². The van der Waals surface area contributed by atoms with E-state index in [1.54, 1.807) is 0 Å². The summed E-state index contributed by atoms with van der Waals surface area (Å²) in [6, 6.07) is 32.1. The molecule has 0 aliphatic rings. The maximum absolute atomic E-state index is 4.57. The molecule has 0 unspecified atom stereocenters. The Morgan fingerprint density at radius 2 is 1.21 bits per heavy atom. The van der Waals surface area contributed by atoms with Crippen molar-refractivity contribution in [2.45, 2.75) is 24.8 Å². The first kappa shape index (κ1) is 24.6. The fraction of sp³-hybridized carbons (Fsp3) is 0.200. The van der Waals surface area contributed by atoms with Crippen molar-refractivity contribution in [3.05, 3.63) is 122 Å². The monoisotopic (exact) mass is 480 g/mol. The quantitative estimate of drug-likeness (QED) is 0.215. The van der Waals surface area contributed by atoms with Gasteiger partial charge >= 0.3 is 27.0 Å². The van der Waals surface area contributed by atoms with Crippen molar-refractivity contribution in [1.29, 1.82) is 0 Å². The average molecular weight is 480 g/mol. The summed E-state index contributed by atoms with van der Waals surface area (Å²) in [5.74, 6) is 0.181. The fourth-order valence-electron chi connectivity index (χ4n) is 3.24. The zero-order valence-electron chi connectivity index (χ0n) is 16.4. The van der Waals surface area contributed by atoms with E-state index in [2.05, 4.69) is 113 Å². The zero-order chi connectivity index (χ0) is 19.3. The molecule has 0 bridgehead atoms. The first-order valence-corrected chi connectivity index (χ1v) is 11.4. The maximum atomic E-state index is 4.57. The van der Waals surface area contributed by atoms with Crippen LogP contribution in [0, 0.1) is 14.4 Å². The summed E-state index contributed by atoms with van der Waals surface area (Å²) in [5, 5.41) is 3.74. The summed E-state index contributed by atoms with van der Waals surface area (Å²) in [6.07, 6.45) is 2.22. The predicted octanol–water partition coefficient (Wildman–Crippen LogP) is 6.71. The molecule has 3 heteroatoms. The Bertz CT molecular complexity index is 734. The molecule has 148 valence electrons. The van der Waals surface area contributed by atoms with Gasteiger partial charge < -0.3 is 19.7 Å². The van der Waals surface area contributed by atoms with Gasteiger partial charge in [-0.15, -0.1) is 5.92 Å². The van der Waals surface area contributed by atoms with Gasteiger partial charge in [-0.3, -0.25) is 0 Å². The van der Waals surface area contributed by atoms with Crippen LogP contribution in [0.1, 0.15) is 35.1 Å². The van der Waals surface area contributed by atoms with Crippen molar-refractivity contribution < 1.29 is 17.3 Å². The Balaban J connectivity index is 0.00000127. The summed E-state index contributed by atoms with van der Waals surface area (Å²) >= 11 is 1.82. The Labute approximate surface area is 185 Å². The zero-order valence-corrected chi connectivity index (χ0v) is 18.9. The van der Waals surface area contributed by atoms with Crippen molar-refractivity contribution >= 4 is 9.69 Å². The van der Waals surface area contributed by atoms with E-state index < -0.39 is 0 Å². The van der Waals surface area contributed by atoms with Gasteiger partial charge in [0.05, 0.1) is 0 Å². The van der Waals surface area contributed by atoms with Crippen molar-refractivity contribution in [3.8, 4) is 0 Å². The first-order valence-electron chi connectivity index (χ1n) is 9.18. The van der Waals surface area contributed by atoms with E-state index in [4.69, 9.17) is 0 Å². The second-order valence-electron chi connectivity index (χ2n) is 6.45. The molecule has 1 nitrogen and oxygen atoms in total. The average Bonchev–Trinajstić information content (AvgIpc) is 2.77. The number of nitrogens with one attached hydrogen (secondary N) is 1. The van der Waals surface area contributed by atoms with Crippen molar-refractivity contribution in [2.75, 3.05) is 6.54 Å². The van der Waals surface area contributed by atoms with Gasteiger partial charge in [-0.1, -0.05) is 96.6 Å². The first-order chi connectivity index (χ1) is 13.3. The second kappa shape index (κ2) is 14.5. The van der Waals surface area contributed by atoms with Crippen LogP contribution in [-0.4, -0.2) is 6.54 Å². The third-order valence-corrected chi connectivity index (χ3v) is 4.64. The predicted molar refractivity (Wildman–Crippen MR) is 119 cm³/mol. The molecule has 0 saturated heterocycles. The van der Waals surface area contributed by atoms with E-state index in [1.807, 2.05) is 17.3 Å². The molecule has 0 spiro atoms. The van der Waals surface area contributed by atoms with Crippen LogP contribution in [0.25, 0.3) is 0 Å². The van der Waals surface area contributed by atoms with Gasteiger partial charge in [-0.05, 0) is 30.5 Å². The summed E-state index contributed by atoms with van der Waals surface area (Å²) < 4.78 is 0. The Morgan fingerprint density at radius 1 is 0.750 bits per heavy atom. The normalized spacial score (nSPS) is 12.1. The van der Waals surface area contributed by atoms with Crippen LogP contribution in [0.2, 0.25) is 0 Å². The molecule has 0 aromatic heterocycles. The molecule has 0 heterocycles. The minimum atomic E-state index is 0. The van der Waals surface area contributed by atoms with Crippen LogP contribution >= 0.6 is 9.69 Å². The van der Waals surface area contributed by atoms with E-state index in [0.29, 0.717) is 0 Å². The molecule has 0 aliphatic heterocycles. The number of halogens is 1. The van der Waals surface area contributed by atoms with E-state index in [-0.39, 0.29) is 19.4 Å². The van der Waals surface area contributed by atoms with Crippen LogP contribution in [0.4, 0.5) is 0 Å². The Morgan fingerprint density at radius 3 is 1.75 bits per heavy atom. The number of hydrogen-bond donors (Lipinski definition) is 1. The molecule has 1 N–H and O–H groups in total. The third-order valence-electron chi connectivity index (χ3n) is 4.64. The van der Waals surface area contributed by atoms with Crippen LogP contribution in [-0.2, 0) is 23.7 Å². The molecular weight excluding hydrogens is 451 g/mol. The SMILES string of the molecule is [CH2-][C@H](c1ccccc1)[C@H](NCCCc1ccccc1)c1ccccc1.[CH3-].[Cl][Ru+3]. The Kier molecular flexibility index (Phi) is 12.7. The number of rotatable bonds is 8. The molecule has 2 atom stereocenters. The standard InChI is InChI=1S/C24H26N.CH3.ClH.Ru/c1-20(22-15-7-3-8-16-22)24(23-17-9-4-10-18-23)25-19-11-14-21-12-5-2-6-13-21;;;/h2-10,12-13,15-18,20,24-25H,1,11,14,19H2;1H3;1H;/q2*-1;;+4/p-1/t20-,24+;;;/m1.../s1. The molecule has 0 saturated carbocycles. The molecule has 0 radical (unpaired) electrons.